The fraction of sp³-hybridized carbons (Fsp3) is 0.440. The van der Waals surface area contributed by atoms with Gasteiger partial charge in [0.05, 0.1) is 16.8 Å². The van der Waals surface area contributed by atoms with Gasteiger partial charge in [-0.15, -0.1) is 0 Å². The molecule has 1 aromatic heterocycles. The molecule has 8 nitrogen and oxygen atoms in total. The average Bonchev–Trinajstić information content (AvgIpc) is 3.42. The summed E-state index contributed by atoms with van der Waals surface area (Å²) in [6, 6.07) is 9.80. The van der Waals surface area contributed by atoms with Crippen LogP contribution in [0, 0.1) is 0 Å². The first kappa shape index (κ1) is 21.7. The Kier molecular flexibility index (Phi) is 6.20. The maximum Gasteiger partial charge on any atom is 0.256 e. The molecule has 2 aromatic carbocycles. The van der Waals surface area contributed by atoms with Crippen LogP contribution in [0.15, 0.2) is 30.3 Å². The van der Waals surface area contributed by atoms with Crippen LogP contribution in [0.3, 0.4) is 0 Å². The Hall–Kier alpha value is -3.10. The third kappa shape index (κ3) is 4.54. The number of hydrogen-bond acceptors (Lipinski definition) is 6. The number of ether oxygens (including phenoxy) is 1. The standard InChI is InChI=1S/C25H32N6O2/c1-27-7-10-33-19-6-5-17-14-31(15-18(17)11-19)25(32)20-12-21-23(13-22(20)26)28-29-24(21)16-30-8-3-2-4-9-30/h5-6,11-13,27H,2-4,7-10,14-16,26H2,1H3,(H,28,29). The van der Waals surface area contributed by atoms with E-state index in [1.807, 2.05) is 36.2 Å². The van der Waals surface area contributed by atoms with Crippen LogP contribution in [0.2, 0.25) is 0 Å². The minimum Gasteiger partial charge on any atom is -0.492 e. The highest BCUT2D eigenvalue weighted by molar-refractivity contribution is 6.04. The van der Waals surface area contributed by atoms with E-state index in [-0.39, 0.29) is 5.91 Å². The van der Waals surface area contributed by atoms with Gasteiger partial charge < -0.3 is 20.7 Å². The van der Waals surface area contributed by atoms with E-state index in [2.05, 4.69) is 26.5 Å². The normalized spacial score (nSPS) is 16.3. The van der Waals surface area contributed by atoms with E-state index in [1.54, 1.807) is 0 Å². The number of likely N-dealkylation sites (N-methyl/N-ethyl adjacent to an activating group) is 1. The predicted octanol–water partition coefficient (Wildman–Crippen LogP) is 2.89. The molecule has 0 saturated carbocycles. The molecule has 0 aliphatic carbocycles. The van der Waals surface area contributed by atoms with Gasteiger partial charge in [0.1, 0.15) is 12.4 Å². The van der Waals surface area contributed by atoms with Gasteiger partial charge in [0.15, 0.2) is 0 Å². The summed E-state index contributed by atoms with van der Waals surface area (Å²) in [5, 5.41) is 11.7. The van der Waals surface area contributed by atoms with Crippen LogP contribution in [0.1, 0.15) is 46.4 Å². The molecule has 1 saturated heterocycles. The van der Waals surface area contributed by atoms with Crippen LogP contribution in [0.25, 0.3) is 10.9 Å². The molecule has 3 aromatic rings. The molecule has 0 radical (unpaired) electrons. The first-order chi connectivity index (χ1) is 16.1. The van der Waals surface area contributed by atoms with E-state index < -0.39 is 0 Å². The number of aromatic amines is 1. The average molecular weight is 449 g/mol. The lowest BCUT2D eigenvalue weighted by atomic mass is 10.1. The molecular formula is C25H32N6O2. The lowest BCUT2D eigenvalue weighted by molar-refractivity contribution is 0.0752. The van der Waals surface area contributed by atoms with Crippen LogP contribution >= 0.6 is 0 Å². The number of anilines is 1. The molecular weight excluding hydrogens is 416 g/mol. The predicted molar refractivity (Wildman–Crippen MR) is 129 cm³/mol. The Morgan fingerprint density at radius 2 is 1.97 bits per heavy atom. The van der Waals surface area contributed by atoms with Gasteiger partial charge in [-0.3, -0.25) is 14.8 Å². The zero-order valence-electron chi connectivity index (χ0n) is 19.2. The van der Waals surface area contributed by atoms with Gasteiger partial charge in [0.2, 0.25) is 0 Å². The maximum absolute atomic E-state index is 13.5. The molecule has 0 unspecified atom stereocenters. The number of carbonyl (C=O) groups is 1. The van der Waals surface area contributed by atoms with Gasteiger partial charge in [0.25, 0.3) is 5.91 Å². The van der Waals surface area contributed by atoms with Gasteiger partial charge in [-0.25, -0.2) is 0 Å². The molecule has 2 aliphatic heterocycles. The van der Waals surface area contributed by atoms with E-state index in [0.29, 0.717) is 30.9 Å². The summed E-state index contributed by atoms with van der Waals surface area (Å²) in [7, 11) is 1.90. The minimum absolute atomic E-state index is 0.0478. The number of nitrogens with two attached hydrogens (primary N) is 1. The molecule has 0 spiro atoms. The number of piperidine rings is 1. The largest absolute Gasteiger partial charge is 0.492 e. The molecule has 0 bridgehead atoms. The Bertz CT molecular complexity index is 1150. The topological polar surface area (TPSA) is 99.5 Å². The lowest BCUT2D eigenvalue weighted by Gasteiger charge is -2.25. The minimum atomic E-state index is -0.0478. The highest BCUT2D eigenvalue weighted by Crippen LogP contribution is 2.31. The van der Waals surface area contributed by atoms with Gasteiger partial charge >= 0.3 is 0 Å². The zero-order chi connectivity index (χ0) is 22.8. The van der Waals surface area contributed by atoms with Crippen molar-refractivity contribution < 1.29 is 9.53 Å². The quantitative estimate of drug-likeness (QED) is 0.380. The Balaban J connectivity index is 1.34. The highest BCUT2D eigenvalue weighted by atomic mass is 16.5. The van der Waals surface area contributed by atoms with E-state index in [9.17, 15) is 4.79 Å². The molecule has 3 heterocycles. The van der Waals surface area contributed by atoms with Crippen molar-refractivity contribution in [2.45, 2.75) is 38.9 Å². The van der Waals surface area contributed by atoms with Gasteiger partial charge in [-0.2, -0.15) is 5.10 Å². The van der Waals surface area contributed by atoms with E-state index in [0.717, 1.165) is 59.7 Å². The number of nitrogens with one attached hydrogen (secondary N) is 2. The third-order valence-electron chi connectivity index (χ3n) is 6.67. The first-order valence-electron chi connectivity index (χ1n) is 11.8. The summed E-state index contributed by atoms with van der Waals surface area (Å²) < 4.78 is 5.79. The van der Waals surface area contributed by atoms with Crippen LogP contribution in [-0.4, -0.2) is 59.2 Å². The summed E-state index contributed by atoms with van der Waals surface area (Å²) in [5.74, 6) is 0.786. The molecule has 2 aliphatic rings. The van der Waals surface area contributed by atoms with Crippen molar-refractivity contribution in [3.05, 3.63) is 52.7 Å². The number of hydrogen-bond donors (Lipinski definition) is 3. The van der Waals surface area contributed by atoms with Crippen LogP contribution in [-0.2, 0) is 19.6 Å². The SMILES string of the molecule is CNCCOc1ccc2c(c1)CN(C(=O)c1cc3c(CN4CCCCC4)[nH]nc3cc1N)C2. The van der Waals surface area contributed by atoms with Crippen molar-refractivity contribution in [1.82, 2.24) is 25.3 Å². The number of aromatic nitrogens is 2. The van der Waals surface area contributed by atoms with Crippen molar-refractivity contribution in [2.24, 2.45) is 0 Å². The number of carbonyl (C=O) groups excluding carboxylic acids is 1. The second-order valence-corrected chi connectivity index (χ2v) is 9.04. The number of H-pyrrole nitrogens is 1. The first-order valence-corrected chi connectivity index (χ1v) is 11.8. The van der Waals surface area contributed by atoms with Crippen LogP contribution in [0.5, 0.6) is 5.75 Å². The second kappa shape index (κ2) is 9.41. The van der Waals surface area contributed by atoms with Crippen LogP contribution in [0.4, 0.5) is 5.69 Å². The number of benzene rings is 2. The van der Waals surface area contributed by atoms with Crippen LogP contribution < -0.4 is 15.8 Å². The molecule has 1 fully saturated rings. The third-order valence-corrected chi connectivity index (χ3v) is 6.67. The molecule has 174 valence electrons. The number of likely N-dealkylation sites (tertiary alicyclic amines) is 1. The number of amides is 1. The van der Waals surface area contributed by atoms with Gasteiger partial charge in [-0.1, -0.05) is 12.5 Å². The monoisotopic (exact) mass is 448 g/mol. The molecule has 8 heteroatoms. The van der Waals surface area contributed by atoms with E-state index >= 15 is 0 Å². The van der Waals surface area contributed by atoms with Gasteiger partial charge in [0, 0.05) is 37.3 Å². The van der Waals surface area contributed by atoms with E-state index in [4.69, 9.17) is 10.5 Å². The van der Waals surface area contributed by atoms with Gasteiger partial charge in [-0.05, 0) is 68.4 Å². The fourth-order valence-electron chi connectivity index (χ4n) is 4.82. The number of rotatable bonds is 7. The van der Waals surface area contributed by atoms with Crippen molar-refractivity contribution in [2.75, 3.05) is 39.0 Å². The van der Waals surface area contributed by atoms with Crippen molar-refractivity contribution in [3.63, 3.8) is 0 Å². The second-order valence-electron chi connectivity index (χ2n) is 9.04. The molecule has 1 amide bonds. The number of nitrogens with zero attached hydrogens (tertiary/aromatic N) is 3. The fourth-order valence-corrected chi connectivity index (χ4v) is 4.82. The summed E-state index contributed by atoms with van der Waals surface area (Å²) >= 11 is 0. The number of nitrogen functional groups attached to an aromatic ring is 1. The lowest BCUT2D eigenvalue weighted by Crippen LogP contribution is -2.29. The van der Waals surface area contributed by atoms with Crippen molar-refractivity contribution in [3.8, 4) is 5.75 Å². The zero-order valence-corrected chi connectivity index (χ0v) is 19.2. The highest BCUT2D eigenvalue weighted by Gasteiger charge is 2.27. The molecule has 33 heavy (non-hydrogen) atoms. The number of fused-ring (bicyclic) bond motifs is 2. The molecule has 4 N–H and O–H groups in total. The summed E-state index contributed by atoms with van der Waals surface area (Å²) in [4.78, 5) is 17.8. The summed E-state index contributed by atoms with van der Waals surface area (Å²) in [5.41, 5.74) is 11.5. The Morgan fingerprint density at radius 3 is 2.79 bits per heavy atom. The smallest absolute Gasteiger partial charge is 0.256 e. The van der Waals surface area contributed by atoms with Crippen molar-refractivity contribution >= 4 is 22.5 Å². The van der Waals surface area contributed by atoms with Crippen molar-refractivity contribution in [1.29, 1.82) is 0 Å². The molecule has 5 rings (SSSR count). The summed E-state index contributed by atoms with van der Waals surface area (Å²) in [6.07, 6.45) is 3.78. The Labute approximate surface area is 194 Å². The van der Waals surface area contributed by atoms with E-state index in [1.165, 1.54) is 19.3 Å². The maximum atomic E-state index is 13.5. The Morgan fingerprint density at radius 1 is 1.15 bits per heavy atom. The molecule has 0 atom stereocenters. The summed E-state index contributed by atoms with van der Waals surface area (Å²) in [6.45, 7) is 5.56.